The van der Waals surface area contributed by atoms with E-state index in [9.17, 15) is 0 Å². The van der Waals surface area contributed by atoms with Crippen LogP contribution in [0.25, 0.3) is 0 Å². The van der Waals surface area contributed by atoms with Crippen LogP contribution in [0.1, 0.15) is 17.3 Å². The van der Waals surface area contributed by atoms with Crippen molar-refractivity contribution in [2.24, 2.45) is 11.8 Å². The zero-order valence-electron chi connectivity index (χ0n) is 12.4. The molecule has 6 heteroatoms. The van der Waals surface area contributed by atoms with Crippen LogP contribution in [0.15, 0.2) is 34.9 Å². The van der Waals surface area contributed by atoms with Crippen LogP contribution in [-0.2, 0) is 13.0 Å². The number of benzene rings is 1. The number of halogens is 1. The summed E-state index contributed by atoms with van der Waals surface area (Å²) in [6.07, 6.45) is 0.736. The zero-order chi connectivity index (χ0) is 14.1. The van der Waals surface area contributed by atoms with Crippen LogP contribution in [0.4, 0.5) is 0 Å². The summed E-state index contributed by atoms with van der Waals surface area (Å²) in [5.74, 6) is 3.12. The summed E-state index contributed by atoms with van der Waals surface area (Å²) < 4.78 is 5.40. The van der Waals surface area contributed by atoms with E-state index in [1.165, 1.54) is 5.56 Å². The van der Waals surface area contributed by atoms with E-state index in [0.717, 1.165) is 62.7 Å². The first-order valence-electron chi connectivity index (χ1n) is 7.65. The molecule has 0 saturated carbocycles. The van der Waals surface area contributed by atoms with Crippen molar-refractivity contribution < 1.29 is 4.52 Å². The molecule has 1 aromatic heterocycles. The third-order valence-corrected chi connectivity index (χ3v) is 4.54. The molecule has 1 aromatic carbocycles. The Balaban J connectivity index is 0.00000144. The molecule has 0 spiro atoms. The fraction of sp³-hybridized carbons (Fsp3) is 0.500. The monoisotopic (exact) mass is 320 g/mol. The van der Waals surface area contributed by atoms with Crippen molar-refractivity contribution in [2.45, 2.75) is 13.0 Å². The van der Waals surface area contributed by atoms with Crippen molar-refractivity contribution in [1.29, 1.82) is 0 Å². The standard InChI is InChI=1S/C16H20N4O.ClH/c1-2-4-12(5-3-1)6-15-18-16(21-19-15)11-20-9-13-7-17-8-14(13)10-20;/h1-5,13-14,17H,6-11H2;1H/t13-,14+;. The molecule has 1 N–H and O–H groups in total. The average Bonchev–Trinajstić information content (AvgIpc) is 3.17. The first-order chi connectivity index (χ1) is 10.4. The van der Waals surface area contributed by atoms with E-state index in [1.54, 1.807) is 0 Å². The normalized spacial score (nSPS) is 24.2. The van der Waals surface area contributed by atoms with Gasteiger partial charge in [0.1, 0.15) is 0 Å². The van der Waals surface area contributed by atoms with Gasteiger partial charge in [0.2, 0.25) is 5.89 Å². The van der Waals surface area contributed by atoms with Gasteiger partial charge in [0.05, 0.1) is 6.54 Å². The largest absolute Gasteiger partial charge is 0.338 e. The van der Waals surface area contributed by atoms with Crippen LogP contribution < -0.4 is 5.32 Å². The van der Waals surface area contributed by atoms with Gasteiger partial charge in [0.15, 0.2) is 5.82 Å². The third-order valence-electron chi connectivity index (χ3n) is 4.54. The summed E-state index contributed by atoms with van der Waals surface area (Å²) in [7, 11) is 0. The fourth-order valence-corrected chi connectivity index (χ4v) is 3.48. The van der Waals surface area contributed by atoms with E-state index in [1.807, 2.05) is 18.2 Å². The first kappa shape index (κ1) is 15.5. The number of nitrogens with zero attached hydrogens (tertiary/aromatic N) is 3. The lowest BCUT2D eigenvalue weighted by molar-refractivity contribution is 0.253. The quantitative estimate of drug-likeness (QED) is 0.930. The van der Waals surface area contributed by atoms with Crippen molar-refractivity contribution >= 4 is 12.4 Å². The first-order valence-corrected chi connectivity index (χ1v) is 7.65. The molecule has 118 valence electrons. The van der Waals surface area contributed by atoms with Gasteiger partial charge >= 0.3 is 0 Å². The van der Waals surface area contributed by atoms with Gasteiger partial charge in [-0.3, -0.25) is 4.90 Å². The molecule has 2 saturated heterocycles. The van der Waals surface area contributed by atoms with Gasteiger partial charge in [-0.1, -0.05) is 35.5 Å². The SMILES string of the molecule is Cl.c1ccc(Cc2noc(CN3C[C@H]4CNC[C@H]4C3)n2)cc1. The smallest absolute Gasteiger partial charge is 0.240 e. The maximum atomic E-state index is 5.40. The van der Waals surface area contributed by atoms with Gasteiger partial charge in [-0.15, -0.1) is 12.4 Å². The van der Waals surface area contributed by atoms with Crippen molar-refractivity contribution in [1.82, 2.24) is 20.4 Å². The summed E-state index contributed by atoms with van der Waals surface area (Å²) in [6.45, 7) is 5.39. The van der Waals surface area contributed by atoms with Gasteiger partial charge in [-0.2, -0.15) is 4.98 Å². The predicted molar refractivity (Wildman–Crippen MR) is 85.9 cm³/mol. The second-order valence-electron chi connectivity index (χ2n) is 6.14. The highest BCUT2D eigenvalue weighted by molar-refractivity contribution is 5.85. The summed E-state index contributed by atoms with van der Waals surface area (Å²) in [5.41, 5.74) is 1.21. The minimum absolute atomic E-state index is 0. The molecule has 0 radical (unpaired) electrons. The molecule has 2 aromatic rings. The number of rotatable bonds is 4. The molecular formula is C16H21ClN4O. The number of nitrogens with one attached hydrogen (secondary N) is 1. The number of likely N-dealkylation sites (tertiary alicyclic amines) is 1. The van der Waals surface area contributed by atoms with Crippen molar-refractivity contribution in [3.05, 3.63) is 47.6 Å². The zero-order valence-corrected chi connectivity index (χ0v) is 13.3. The molecule has 0 amide bonds. The van der Waals surface area contributed by atoms with Gasteiger partial charge in [0.25, 0.3) is 0 Å². The lowest BCUT2D eigenvalue weighted by Crippen LogP contribution is -2.25. The lowest BCUT2D eigenvalue weighted by atomic mass is 10.0. The topological polar surface area (TPSA) is 54.2 Å². The van der Waals surface area contributed by atoms with Crippen LogP contribution in [0.3, 0.4) is 0 Å². The Bertz CT molecular complexity index is 591. The molecule has 3 heterocycles. The maximum Gasteiger partial charge on any atom is 0.240 e. The van der Waals surface area contributed by atoms with Crippen LogP contribution in [0, 0.1) is 11.8 Å². The van der Waals surface area contributed by atoms with E-state index >= 15 is 0 Å². The van der Waals surface area contributed by atoms with Gasteiger partial charge < -0.3 is 9.84 Å². The van der Waals surface area contributed by atoms with Gasteiger partial charge in [0, 0.05) is 19.5 Å². The highest BCUT2D eigenvalue weighted by Gasteiger charge is 2.36. The molecule has 22 heavy (non-hydrogen) atoms. The summed E-state index contributed by atoms with van der Waals surface area (Å²) in [5, 5.41) is 7.56. The van der Waals surface area contributed by atoms with Crippen LogP contribution in [0.5, 0.6) is 0 Å². The Kier molecular flexibility index (Phi) is 4.76. The number of fused-ring (bicyclic) bond motifs is 1. The highest BCUT2D eigenvalue weighted by atomic mass is 35.5. The third kappa shape index (κ3) is 3.32. The van der Waals surface area contributed by atoms with E-state index in [2.05, 4.69) is 32.5 Å². The van der Waals surface area contributed by atoms with Crippen LogP contribution >= 0.6 is 12.4 Å². The molecule has 2 aliphatic rings. The summed E-state index contributed by atoms with van der Waals surface area (Å²) in [6, 6.07) is 10.3. The Labute approximate surface area is 136 Å². The molecular weight excluding hydrogens is 300 g/mol. The van der Waals surface area contributed by atoms with Gasteiger partial charge in [-0.25, -0.2) is 0 Å². The van der Waals surface area contributed by atoms with Gasteiger partial charge in [-0.05, 0) is 30.5 Å². The minimum atomic E-state index is 0. The van der Waals surface area contributed by atoms with E-state index < -0.39 is 0 Å². The Morgan fingerprint density at radius 2 is 1.86 bits per heavy atom. The van der Waals surface area contributed by atoms with Crippen LogP contribution in [0.2, 0.25) is 0 Å². The Morgan fingerprint density at radius 3 is 2.59 bits per heavy atom. The predicted octanol–water partition coefficient (Wildman–Crippen LogP) is 1.73. The number of aromatic nitrogens is 2. The molecule has 0 bridgehead atoms. The summed E-state index contributed by atoms with van der Waals surface area (Å²) >= 11 is 0. The molecule has 2 aliphatic heterocycles. The van der Waals surface area contributed by atoms with Crippen molar-refractivity contribution in [2.75, 3.05) is 26.2 Å². The van der Waals surface area contributed by atoms with E-state index in [-0.39, 0.29) is 12.4 Å². The van der Waals surface area contributed by atoms with E-state index in [0.29, 0.717) is 0 Å². The highest BCUT2D eigenvalue weighted by Crippen LogP contribution is 2.27. The average molecular weight is 321 g/mol. The molecule has 2 fully saturated rings. The van der Waals surface area contributed by atoms with Crippen molar-refractivity contribution in [3.63, 3.8) is 0 Å². The maximum absolute atomic E-state index is 5.40. The van der Waals surface area contributed by atoms with E-state index in [4.69, 9.17) is 4.52 Å². The lowest BCUT2D eigenvalue weighted by Gasteiger charge is -2.13. The molecule has 2 atom stereocenters. The second kappa shape index (κ2) is 6.77. The molecule has 0 aliphatic carbocycles. The Hall–Kier alpha value is -1.43. The fourth-order valence-electron chi connectivity index (χ4n) is 3.48. The minimum Gasteiger partial charge on any atom is -0.338 e. The second-order valence-corrected chi connectivity index (χ2v) is 6.14. The number of hydrogen-bond donors (Lipinski definition) is 1. The van der Waals surface area contributed by atoms with Crippen LogP contribution in [-0.4, -0.2) is 41.2 Å². The van der Waals surface area contributed by atoms with Crippen molar-refractivity contribution in [3.8, 4) is 0 Å². The molecule has 0 unspecified atom stereocenters. The Morgan fingerprint density at radius 1 is 1.14 bits per heavy atom. The molecule has 4 rings (SSSR count). The number of hydrogen-bond acceptors (Lipinski definition) is 5. The molecule has 5 nitrogen and oxygen atoms in total. The summed E-state index contributed by atoms with van der Waals surface area (Å²) in [4.78, 5) is 6.97.